The minimum atomic E-state index is -0.0923. The molecule has 0 aliphatic carbocycles. The number of aromatic amines is 1. The first-order valence-corrected chi connectivity index (χ1v) is 5.35. The Morgan fingerprint density at radius 2 is 2.06 bits per heavy atom. The molecule has 0 fully saturated rings. The molecule has 3 heteroatoms. The summed E-state index contributed by atoms with van der Waals surface area (Å²) in [5, 5.41) is 0. The maximum atomic E-state index is 11.5. The number of H-pyrrole nitrogens is 1. The zero-order valence-corrected chi connectivity index (χ0v) is 9.18. The second kappa shape index (κ2) is 4.75. The van der Waals surface area contributed by atoms with E-state index in [4.69, 9.17) is 0 Å². The fourth-order valence-electron chi connectivity index (χ4n) is 1.72. The van der Waals surface area contributed by atoms with E-state index in [-0.39, 0.29) is 5.56 Å². The summed E-state index contributed by atoms with van der Waals surface area (Å²) in [6.07, 6.45) is 3.84. The van der Waals surface area contributed by atoms with Crippen molar-refractivity contribution >= 4 is 0 Å². The summed E-state index contributed by atoms with van der Waals surface area (Å²) in [6, 6.07) is 10.1. The third-order valence-electron chi connectivity index (χ3n) is 2.65. The molecule has 82 valence electrons. The standard InChI is InChI=1S/C13H14N2O/c1-10(11-5-3-2-4-6-11)9-12-13(16)15-8-7-14-12/h2-8,10H,9H2,1H3,(H,15,16). The smallest absolute Gasteiger partial charge is 0.269 e. The van der Waals surface area contributed by atoms with Crippen LogP contribution in [-0.4, -0.2) is 9.97 Å². The van der Waals surface area contributed by atoms with Gasteiger partial charge >= 0.3 is 0 Å². The molecule has 0 bridgehead atoms. The average Bonchev–Trinajstić information content (AvgIpc) is 2.33. The van der Waals surface area contributed by atoms with Gasteiger partial charge in [0.05, 0.1) is 0 Å². The maximum absolute atomic E-state index is 11.5. The molecule has 1 N–H and O–H groups in total. The molecule has 0 spiro atoms. The predicted molar refractivity (Wildman–Crippen MR) is 63.4 cm³/mol. The van der Waals surface area contributed by atoms with E-state index >= 15 is 0 Å². The molecule has 1 aromatic carbocycles. The Morgan fingerprint density at radius 1 is 1.31 bits per heavy atom. The number of rotatable bonds is 3. The first-order chi connectivity index (χ1) is 7.77. The van der Waals surface area contributed by atoms with Crippen LogP contribution in [0.15, 0.2) is 47.5 Å². The SMILES string of the molecule is CC(Cc1ncc[nH]c1=O)c1ccccc1. The summed E-state index contributed by atoms with van der Waals surface area (Å²) in [5.41, 5.74) is 1.73. The molecule has 0 radical (unpaired) electrons. The molecular weight excluding hydrogens is 200 g/mol. The molecule has 2 aromatic rings. The molecule has 1 aromatic heterocycles. The minimum absolute atomic E-state index is 0.0923. The summed E-state index contributed by atoms with van der Waals surface area (Å²) < 4.78 is 0. The van der Waals surface area contributed by atoms with Crippen LogP contribution in [0.4, 0.5) is 0 Å². The molecule has 2 rings (SSSR count). The van der Waals surface area contributed by atoms with Crippen LogP contribution in [-0.2, 0) is 6.42 Å². The summed E-state index contributed by atoms with van der Waals surface area (Å²) in [7, 11) is 0. The van der Waals surface area contributed by atoms with E-state index in [0.717, 1.165) is 0 Å². The van der Waals surface area contributed by atoms with Gasteiger partial charge in [-0.25, -0.2) is 0 Å². The van der Waals surface area contributed by atoms with Crippen molar-refractivity contribution in [1.82, 2.24) is 9.97 Å². The van der Waals surface area contributed by atoms with Gasteiger partial charge in [-0.1, -0.05) is 37.3 Å². The van der Waals surface area contributed by atoms with Crippen molar-refractivity contribution < 1.29 is 0 Å². The van der Waals surface area contributed by atoms with Crippen molar-refractivity contribution in [2.24, 2.45) is 0 Å². The van der Waals surface area contributed by atoms with Crippen molar-refractivity contribution in [3.05, 3.63) is 64.3 Å². The van der Waals surface area contributed by atoms with E-state index in [2.05, 4.69) is 29.0 Å². The minimum Gasteiger partial charge on any atom is -0.326 e. The van der Waals surface area contributed by atoms with Gasteiger partial charge in [0.25, 0.3) is 5.56 Å². The maximum Gasteiger partial charge on any atom is 0.269 e. The fraction of sp³-hybridized carbons (Fsp3) is 0.231. The first-order valence-electron chi connectivity index (χ1n) is 5.35. The Morgan fingerprint density at radius 3 is 2.75 bits per heavy atom. The molecule has 0 saturated heterocycles. The van der Waals surface area contributed by atoms with Crippen molar-refractivity contribution in [3.8, 4) is 0 Å². The van der Waals surface area contributed by atoms with Crippen LogP contribution in [0.5, 0.6) is 0 Å². The fourth-order valence-corrected chi connectivity index (χ4v) is 1.72. The normalized spacial score (nSPS) is 12.3. The van der Waals surface area contributed by atoms with Crippen LogP contribution in [0, 0.1) is 0 Å². The van der Waals surface area contributed by atoms with E-state index in [9.17, 15) is 4.79 Å². The quantitative estimate of drug-likeness (QED) is 0.850. The molecular formula is C13H14N2O. The highest BCUT2D eigenvalue weighted by Gasteiger charge is 2.09. The Hall–Kier alpha value is -1.90. The lowest BCUT2D eigenvalue weighted by Gasteiger charge is -2.10. The molecule has 0 amide bonds. The van der Waals surface area contributed by atoms with E-state index in [1.165, 1.54) is 5.56 Å². The van der Waals surface area contributed by atoms with Gasteiger partial charge in [0, 0.05) is 18.8 Å². The summed E-state index contributed by atoms with van der Waals surface area (Å²) in [5.74, 6) is 0.303. The highest BCUT2D eigenvalue weighted by atomic mass is 16.1. The van der Waals surface area contributed by atoms with Gasteiger partial charge in [0.15, 0.2) is 0 Å². The monoisotopic (exact) mass is 214 g/mol. The lowest BCUT2D eigenvalue weighted by molar-refractivity contribution is 0.729. The number of hydrogen-bond acceptors (Lipinski definition) is 2. The van der Waals surface area contributed by atoms with Gasteiger partial charge in [0.2, 0.25) is 0 Å². The Bertz CT molecular complexity index is 505. The number of nitrogens with zero attached hydrogens (tertiary/aromatic N) is 1. The predicted octanol–water partition coefficient (Wildman–Crippen LogP) is 2.12. The lowest BCUT2D eigenvalue weighted by Crippen LogP contribution is -2.16. The lowest BCUT2D eigenvalue weighted by atomic mass is 9.96. The van der Waals surface area contributed by atoms with Gasteiger partial charge in [-0.05, 0) is 11.5 Å². The van der Waals surface area contributed by atoms with Crippen LogP contribution in [0.2, 0.25) is 0 Å². The second-order valence-electron chi connectivity index (χ2n) is 3.88. The largest absolute Gasteiger partial charge is 0.326 e. The number of nitrogens with one attached hydrogen (secondary N) is 1. The van der Waals surface area contributed by atoms with Gasteiger partial charge in [-0.3, -0.25) is 9.78 Å². The van der Waals surface area contributed by atoms with Gasteiger partial charge in [-0.2, -0.15) is 0 Å². The van der Waals surface area contributed by atoms with Gasteiger partial charge in [-0.15, -0.1) is 0 Å². The molecule has 1 heterocycles. The molecule has 0 aliphatic heterocycles. The van der Waals surface area contributed by atoms with Crippen molar-refractivity contribution in [1.29, 1.82) is 0 Å². The molecule has 1 unspecified atom stereocenters. The van der Waals surface area contributed by atoms with Gasteiger partial charge < -0.3 is 4.98 Å². The topological polar surface area (TPSA) is 45.8 Å². The number of hydrogen-bond donors (Lipinski definition) is 1. The Labute approximate surface area is 94.2 Å². The van der Waals surface area contributed by atoms with Crippen LogP contribution < -0.4 is 5.56 Å². The van der Waals surface area contributed by atoms with Crippen LogP contribution in [0.3, 0.4) is 0 Å². The highest BCUT2D eigenvalue weighted by Crippen LogP contribution is 2.17. The highest BCUT2D eigenvalue weighted by molar-refractivity contribution is 5.20. The Kier molecular flexibility index (Phi) is 3.15. The van der Waals surface area contributed by atoms with Crippen molar-refractivity contribution in [2.75, 3.05) is 0 Å². The first kappa shape index (κ1) is 10.6. The van der Waals surface area contributed by atoms with Crippen LogP contribution in [0.1, 0.15) is 24.1 Å². The zero-order chi connectivity index (χ0) is 11.4. The van der Waals surface area contributed by atoms with Crippen LogP contribution >= 0.6 is 0 Å². The zero-order valence-electron chi connectivity index (χ0n) is 9.18. The third-order valence-corrected chi connectivity index (χ3v) is 2.65. The molecule has 0 saturated carbocycles. The third kappa shape index (κ3) is 2.37. The molecule has 1 atom stereocenters. The second-order valence-corrected chi connectivity index (χ2v) is 3.88. The number of benzene rings is 1. The summed E-state index contributed by atoms with van der Waals surface area (Å²) in [6.45, 7) is 2.10. The molecule has 0 aliphatic rings. The Balaban J connectivity index is 2.17. The molecule has 3 nitrogen and oxygen atoms in total. The van der Waals surface area contributed by atoms with Crippen molar-refractivity contribution in [3.63, 3.8) is 0 Å². The van der Waals surface area contributed by atoms with E-state index in [1.807, 2.05) is 18.2 Å². The van der Waals surface area contributed by atoms with Gasteiger partial charge in [0.1, 0.15) is 5.69 Å². The summed E-state index contributed by atoms with van der Waals surface area (Å²) >= 11 is 0. The summed E-state index contributed by atoms with van der Waals surface area (Å²) in [4.78, 5) is 18.2. The van der Waals surface area contributed by atoms with Crippen LogP contribution in [0.25, 0.3) is 0 Å². The molecule has 16 heavy (non-hydrogen) atoms. The van der Waals surface area contributed by atoms with E-state index < -0.39 is 0 Å². The van der Waals surface area contributed by atoms with Crippen molar-refractivity contribution in [2.45, 2.75) is 19.3 Å². The number of aromatic nitrogens is 2. The average molecular weight is 214 g/mol. The van der Waals surface area contributed by atoms with E-state index in [1.54, 1.807) is 12.4 Å². The van der Waals surface area contributed by atoms with E-state index in [0.29, 0.717) is 18.0 Å².